The molecule has 5 rings (SSSR count). The Hall–Kier alpha value is -2.02. The quantitative estimate of drug-likeness (QED) is 0.640. The van der Waals surface area contributed by atoms with Crippen LogP contribution < -0.4 is 4.90 Å². The Morgan fingerprint density at radius 3 is 2.87 bits per heavy atom. The fourth-order valence-corrected chi connectivity index (χ4v) is 7.22. The van der Waals surface area contributed by atoms with Crippen molar-refractivity contribution in [1.29, 1.82) is 0 Å². The van der Waals surface area contributed by atoms with Crippen molar-refractivity contribution in [2.24, 2.45) is 5.92 Å². The molecule has 1 spiro atoms. The third-order valence-corrected chi connectivity index (χ3v) is 9.44. The molecule has 3 aliphatic rings. The molecule has 1 saturated carbocycles. The molecule has 31 heavy (non-hydrogen) atoms. The van der Waals surface area contributed by atoms with Gasteiger partial charge in [-0.1, -0.05) is 11.8 Å². The second-order valence-electron chi connectivity index (χ2n) is 8.43. The topological polar surface area (TPSA) is 120 Å². The van der Waals surface area contributed by atoms with E-state index >= 15 is 0 Å². The Kier molecular flexibility index (Phi) is 5.07. The van der Waals surface area contributed by atoms with Crippen molar-refractivity contribution in [3.8, 4) is 0 Å². The molecule has 2 aliphatic heterocycles. The molecule has 1 N–H and O–H groups in total. The van der Waals surface area contributed by atoms with Crippen LogP contribution in [-0.4, -0.2) is 87.4 Å². The summed E-state index contributed by atoms with van der Waals surface area (Å²) in [6, 6.07) is 1.93. The molecular weight excluding hydrogens is 440 g/mol. The fraction of sp³-hybridized carbons (Fsp3) is 0.579. The normalized spacial score (nSPS) is 24.5. The number of hydrogen-bond donors (Lipinski definition) is 1. The highest BCUT2D eigenvalue weighted by molar-refractivity contribution is 8.15. The van der Waals surface area contributed by atoms with Crippen molar-refractivity contribution in [2.75, 3.05) is 43.9 Å². The maximum atomic E-state index is 13.4. The summed E-state index contributed by atoms with van der Waals surface area (Å²) in [5.74, 6) is 0.335. The summed E-state index contributed by atoms with van der Waals surface area (Å²) in [5.41, 5.74) is 0.302. The third kappa shape index (κ3) is 3.55. The maximum Gasteiger partial charge on any atom is 0.282 e. The summed E-state index contributed by atoms with van der Waals surface area (Å²) < 4.78 is 29.7. The Balaban J connectivity index is 1.34. The number of Topliss-reactive ketones (excluding diaryl/α,β-unsaturated/α-hetero) is 1. The predicted molar refractivity (Wildman–Crippen MR) is 117 cm³/mol. The number of carbonyl (C=O) groups excluding carboxylic acids is 2. The van der Waals surface area contributed by atoms with Gasteiger partial charge in [0.25, 0.3) is 15.3 Å². The number of H-pyrrole nitrogens is 1. The number of aromatic amines is 1. The zero-order valence-corrected chi connectivity index (χ0v) is 18.8. The maximum absolute atomic E-state index is 13.4. The minimum absolute atomic E-state index is 0.0413. The van der Waals surface area contributed by atoms with Crippen LogP contribution in [0, 0.1) is 5.92 Å². The third-order valence-electron chi connectivity index (χ3n) is 6.47. The van der Waals surface area contributed by atoms with Crippen LogP contribution in [0.5, 0.6) is 0 Å². The van der Waals surface area contributed by atoms with Crippen molar-refractivity contribution >= 4 is 49.7 Å². The number of nitrogens with zero attached hydrogens (tertiary/aromatic N) is 5. The van der Waals surface area contributed by atoms with Gasteiger partial charge in [-0.05, 0) is 25.3 Å². The summed E-state index contributed by atoms with van der Waals surface area (Å²) in [7, 11) is -2.25. The molecule has 1 atom stereocenters. The van der Waals surface area contributed by atoms with Gasteiger partial charge in [0, 0.05) is 51.1 Å². The number of aromatic nitrogens is 3. The highest BCUT2D eigenvalue weighted by Gasteiger charge is 2.57. The monoisotopic (exact) mass is 464 g/mol. The molecule has 0 aromatic carbocycles. The molecule has 3 fully saturated rings. The van der Waals surface area contributed by atoms with Gasteiger partial charge in [0.15, 0.2) is 0 Å². The first-order valence-electron chi connectivity index (χ1n) is 10.3. The van der Waals surface area contributed by atoms with E-state index in [2.05, 4.69) is 19.9 Å². The van der Waals surface area contributed by atoms with Crippen LogP contribution in [0.15, 0.2) is 18.6 Å². The molecule has 10 nitrogen and oxygen atoms in total. The number of anilines is 1. The molecule has 0 bridgehead atoms. The summed E-state index contributed by atoms with van der Waals surface area (Å²) in [5, 5.41) is 0.459. The molecule has 4 heterocycles. The minimum Gasteiger partial charge on any atom is -0.353 e. The minimum atomic E-state index is -3.75. The van der Waals surface area contributed by atoms with E-state index in [1.54, 1.807) is 4.31 Å². The second kappa shape index (κ2) is 7.54. The Morgan fingerprint density at radius 1 is 1.29 bits per heavy atom. The molecular formula is C19H24N6O4S2. The second-order valence-corrected chi connectivity index (χ2v) is 11.5. The molecule has 1 aliphatic carbocycles. The standard InChI is InChI=1S/C19H24N6O4S2/c1-23(10-13-3-9-30-18(27)15(13)26)31(28,29)25-8-7-24(11-19(25)4-5-19)17-14-2-6-20-16(14)21-12-22-17/h2,6,12-13H,3-5,7-11H2,1H3,(H,20,21,22). The highest BCUT2D eigenvalue weighted by Crippen LogP contribution is 2.47. The van der Waals surface area contributed by atoms with E-state index in [1.807, 2.05) is 12.3 Å². The van der Waals surface area contributed by atoms with Crippen molar-refractivity contribution in [2.45, 2.75) is 24.8 Å². The molecule has 166 valence electrons. The van der Waals surface area contributed by atoms with E-state index in [1.165, 1.54) is 17.7 Å². The zero-order valence-electron chi connectivity index (χ0n) is 17.2. The van der Waals surface area contributed by atoms with Gasteiger partial charge in [-0.25, -0.2) is 9.97 Å². The summed E-state index contributed by atoms with van der Waals surface area (Å²) in [6.07, 6.45) is 5.44. The number of carbonyl (C=O) groups is 2. The largest absolute Gasteiger partial charge is 0.353 e. The molecule has 2 aromatic rings. The Morgan fingerprint density at radius 2 is 2.10 bits per heavy atom. The van der Waals surface area contributed by atoms with Gasteiger partial charge in [0.2, 0.25) is 5.78 Å². The van der Waals surface area contributed by atoms with E-state index in [0.717, 1.165) is 41.5 Å². The lowest BCUT2D eigenvalue weighted by Gasteiger charge is -2.43. The smallest absolute Gasteiger partial charge is 0.282 e. The Labute approximate surface area is 184 Å². The van der Waals surface area contributed by atoms with Crippen molar-refractivity contribution in [3.05, 3.63) is 18.6 Å². The average molecular weight is 465 g/mol. The van der Waals surface area contributed by atoms with Gasteiger partial charge in [-0.15, -0.1) is 0 Å². The van der Waals surface area contributed by atoms with Gasteiger partial charge in [-0.2, -0.15) is 17.0 Å². The van der Waals surface area contributed by atoms with Crippen LogP contribution >= 0.6 is 11.8 Å². The van der Waals surface area contributed by atoms with Gasteiger partial charge < -0.3 is 9.88 Å². The first-order chi connectivity index (χ1) is 14.8. The van der Waals surface area contributed by atoms with E-state index in [9.17, 15) is 18.0 Å². The van der Waals surface area contributed by atoms with Gasteiger partial charge in [-0.3, -0.25) is 9.59 Å². The number of piperazine rings is 1. The van der Waals surface area contributed by atoms with Crippen LogP contribution in [0.2, 0.25) is 0 Å². The van der Waals surface area contributed by atoms with E-state index < -0.39 is 32.6 Å². The first kappa shape index (κ1) is 20.9. The number of hydrogen-bond acceptors (Lipinski definition) is 8. The average Bonchev–Trinajstić information content (AvgIpc) is 3.32. The Bertz CT molecular complexity index is 1150. The predicted octanol–water partition coefficient (Wildman–Crippen LogP) is 0.638. The molecule has 1 unspecified atom stereocenters. The van der Waals surface area contributed by atoms with Crippen molar-refractivity contribution in [3.63, 3.8) is 0 Å². The van der Waals surface area contributed by atoms with Gasteiger partial charge >= 0.3 is 0 Å². The van der Waals surface area contributed by atoms with E-state index in [0.29, 0.717) is 31.8 Å². The number of rotatable bonds is 5. The van der Waals surface area contributed by atoms with E-state index in [-0.39, 0.29) is 6.54 Å². The van der Waals surface area contributed by atoms with Gasteiger partial charge in [0.1, 0.15) is 17.8 Å². The molecule has 0 radical (unpaired) electrons. The molecule has 12 heteroatoms. The number of ketones is 1. The van der Waals surface area contributed by atoms with Crippen LogP contribution in [0.3, 0.4) is 0 Å². The highest BCUT2D eigenvalue weighted by atomic mass is 32.2. The fourth-order valence-electron chi connectivity index (χ4n) is 4.58. The molecule has 2 saturated heterocycles. The number of thioether (sulfide) groups is 1. The van der Waals surface area contributed by atoms with Crippen LogP contribution in [-0.2, 0) is 19.8 Å². The lowest BCUT2D eigenvalue weighted by Crippen LogP contribution is -2.60. The van der Waals surface area contributed by atoms with E-state index in [4.69, 9.17) is 0 Å². The first-order valence-corrected chi connectivity index (χ1v) is 12.7. The lowest BCUT2D eigenvalue weighted by atomic mass is 10.0. The number of fused-ring (bicyclic) bond motifs is 1. The zero-order chi connectivity index (χ0) is 21.8. The SMILES string of the molecule is CN(CC1CCSC(=O)C1=O)S(=O)(=O)N1CCN(c2ncnc3[nH]ccc23)CC12CC2. The molecule has 0 amide bonds. The lowest BCUT2D eigenvalue weighted by molar-refractivity contribution is -0.134. The number of nitrogens with one attached hydrogen (secondary N) is 1. The van der Waals surface area contributed by atoms with Crippen LogP contribution in [0.25, 0.3) is 11.0 Å². The summed E-state index contributed by atoms with van der Waals surface area (Å²) in [4.78, 5) is 37.8. The van der Waals surface area contributed by atoms with Crippen LogP contribution in [0.1, 0.15) is 19.3 Å². The summed E-state index contributed by atoms with van der Waals surface area (Å²) >= 11 is 1.02. The van der Waals surface area contributed by atoms with Crippen molar-refractivity contribution < 1.29 is 18.0 Å². The van der Waals surface area contributed by atoms with Gasteiger partial charge in [0.05, 0.1) is 10.9 Å². The molecule has 2 aromatic heterocycles. The summed E-state index contributed by atoms with van der Waals surface area (Å²) in [6.45, 7) is 1.47. The van der Waals surface area contributed by atoms with Crippen molar-refractivity contribution in [1.82, 2.24) is 23.6 Å². The van der Waals surface area contributed by atoms with Crippen LogP contribution in [0.4, 0.5) is 5.82 Å².